The van der Waals surface area contributed by atoms with E-state index in [1.807, 2.05) is 0 Å². The van der Waals surface area contributed by atoms with Gasteiger partial charge in [-0.05, 0) is 0 Å². The minimum absolute atomic E-state index is 0.489. The van der Waals surface area contributed by atoms with Crippen molar-refractivity contribution in [1.82, 2.24) is 14.9 Å². The fraction of sp³-hybridized carbons (Fsp3) is 0.667. The summed E-state index contributed by atoms with van der Waals surface area (Å²) in [6.07, 6.45) is -12.2. The van der Waals surface area contributed by atoms with Crippen LogP contribution < -0.4 is 16.4 Å². The number of nitrogens with one attached hydrogen (secondary N) is 2. The van der Waals surface area contributed by atoms with E-state index in [1.54, 1.807) is 0 Å². The van der Waals surface area contributed by atoms with Crippen LogP contribution in [0.1, 0.15) is 16.7 Å². The highest BCUT2D eigenvalue weighted by atomic mass is 31.2. The van der Waals surface area contributed by atoms with Crippen LogP contribution in [-0.4, -0.2) is 118 Å². The van der Waals surface area contributed by atoms with Gasteiger partial charge in [0.1, 0.15) is 42.4 Å². The Morgan fingerprint density at radius 3 is 2.00 bits per heavy atom. The summed E-state index contributed by atoms with van der Waals surface area (Å²) in [7, 11) is -9.88. The van der Waals surface area contributed by atoms with Gasteiger partial charge < -0.3 is 60.5 Å². The molecule has 2 aliphatic rings. The average Bonchev–Trinajstić information content (AvgIpc) is 3.41. The number of imidazole rings is 1. The summed E-state index contributed by atoms with van der Waals surface area (Å²) in [4.78, 5) is 63.4. The number of hydrogen-bond donors (Lipinski definition) is 11. The van der Waals surface area contributed by atoms with Gasteiger partial charge in [-0.3, -0.25) is 23.7 Å². The average molecular weight is 593 g/mol. The number of urea groups is 1. The van der Waals surface area contributed by atoms with E-state index in [1.165, 1.54) is 0 Å². The summed E-state index contributed by atoms with van der Waals surface area (Å²) in [6, 6.07) is -1.20. The van der Waals surface area contributed by atoms with E-state index in [0.717, 1.165) is 10.9 Å². The second-order valence-electron chi connectivity index (χ2n) is 8.01. The van der Waals surface area contributed by atoms with E-state index in [2.05, 4.69) is 24.7 Å². The number of aliphatic hydroxyl groups excluding tert-OH is 4. The van der Waals surface area contributed by atoms with Gasteiger partial charge in [0.15, 0.2) is 18.1 Å². The molecule has 8 atom stereocenters. The monoisotopic (exact) mass is 593 g/mol. The molecule has 3 heterocycles. The maximum absolute atomic E-state index is 12.6. The molecule has 1 aromatic rings. The van der Waals surface area contributed by atoms with Crippen LogP contribution >= 0.6 is 15.6 Å². The minimum atomic E-state index is -4.95. The highest BCUT2D eigenvalue weighted by molar-refractivity contribution is 7.46. The van der Waals surface area contributed by atoms with Gasteiger partial charge >= 0.3 is 21.7 Å². The van der Waals surface area contributed by atoms with Gasteiger partial charge in [0, 0.05) is 0 Å². The topological polar surface area (TPSA) is 335 Å². The van der Waals surface area contributed by atoms with Crippen LogP contribution in [-0.2, 0) is 27.7 Å². The van der Waals surface area contributed by atoms with Gasteiger partial charge in [-0.25, -0.2) is 18.9 Å². The lowest BCUT2D eigenvalue weighted by molar-refractivity contribution is -0.0511. The molecule has 12 N–H and O–H groups in total. The van der Waals surface area contributed by atoms with E-state index >= 15 is 0 Å². The molecule has 2 aliphatic heterocycles. The van der Waals surface area contributed by atoms with Crippen LogP contribution in [0, 0.1) is 0 Å². The molecule has 216 valence electrons. The third-order valence-corrected chi connectivity index (χ3v) is 6.29. The van der Waals surface area contributed by atoms with Crippen molar-refractivity contribution < 1.29 is 77.2 Å². The lowest BCUT2D eigenvalue weighted by atomic mass is 10.1. The Balaban J connectivity index is 1.73. The van der Waals surface area contributed by atoms with Crippen LogP contribution in [0.25, 0.3) is 0 Å². The smallest absolute Gasteiger partial charge is 0.387 e. The number of hydrogen-bond acceptors (Lipinski definition) is 13. The number of phosphoric ester groups is 2. The number of carbonyl (C=O) groups is 2. The van der Waals surface area contributed by atoms with E-state index in [4.69, 9.17) is 34.8 Å². The first-order valence-electron chi connectivity index (χ1n) is 10.4. The molecule has 2 saturated heterocycles. The molecule has 0 saturated carbocycles. The molecular weight excluding hydrogens is 568 g/mol. The Morgan fingerprint density at radius 1 is 0.947 bits per heavy atom. The van der Waals surface area contributed by atoms with Gasteiger partial charge in [-0.1, -0.05) is 0 Å². The van der Waals surface area contributed by atoms with Crippen LogP contribution in [0.15, 0.2) is 6.33 Å². The van der Waals surface area contributed by atoms with E-state index in [-0.39, 0.29) is 0 Å². The molecule has 23 heteroatoms. The zero-order chi connectivity index (χ0) is 28.6. The van der Waals surface area contributed by atoms with Crippen molar-refractivity contribution in [1.29, 1.82) is 0 Å². The van der Waals surface area contributed by atoms with Crippen molar-refractivity contribution in [3.63, 3.8) is 0 Å². The zero-order valence-corrected chi connectivity index (χ0v) is 20.6. The molecule has 0 spiro atoms. The molecule has 21 nitrogen and oxygen atoms in total. The summed E-state index contributed by atoms with van der Waals surface area (Å²) < 4.78 is 41.7. The molecule has 38 heavy (non-hydrogen) atoms. The van der Waals surface area contributed by atoms with Crippen LogP contribution in [0.4, 0.5) is 10.6 Å². The molecule has 2 unspecified atom stereocenters. The summed E-state index contributed by atoms with van der Waals surface area (Å²) >= 11 is 0. The lowest BCUT2D eigenvalue weighted by Gasteiger charge is -2.21. The van der Waals surface area contributed by atoms with Gasteiger partial charge in [0.25, 0.3) is 5.91 Å². The summed E-state index contributed by atoms with van der Waals surface area (Å²) in [6.45, 7) is -1.68. The Bertz CT molecular complexity index is 1120. The van der Waals surface area contributed by atoms with Gasteiger partial charge in [-0.15, -0.1) is 0 Å². The Labute approximate surface area is 211 Å². The highest BCUT2D eigenvalue weighted by Crippen LogP contribution is 2.39. The number of carbonyl (C=O) groups excluding carboxylic acids is 2. The normalized spacial score (nSPS) is 31.9. The molecule has 1 aromatic heterocycles. The third kappa shape index (κ3) is 7.31. The molecule has 0 aliphatic carbocycles. The van der Waals surface area contributed by atoms with E-state index in [0.29, 0.717) is 0 Å². The van der Waals surface area contributed by atoms with Gasteiger partial charge in [0.05, 0.1) is 19.5 Å². The number of phosphoric acid groups is 2. The molecule has 0 aromatic carbocycles. The van der Waals surface area contributed by atoms with Gasteiger partial charge in [0.2, 0.25) is 0 Å². The fourth-order valence-corrected chi connectivity index (χ4v) is 4.26. The maximum Gasteiger partial charge on any atom is 0.469 e. The first-order chi connectivity index (χ1) is 17.5. The van der Waals surface area contributed by atoms with Crippen molar-refractivity contribution in [2.75, 3.05) is 18.5 Å². The maximum atomic E-state index is 12.6. The number of amides is 3. The summed E-state index contributed by atoms with van der Waals surface area (Å²) in [5, 5.41) is 44.9. The van der Waals surface area contributed by atoms with Crippen molar-refractivity contribution in [3.8, 4) is 0 Å². The van der Waals surface area contributed by atoms with Crippen LogP contribution in [0.3, 0.4) is 0 Å². The first-order valence-corrected chi connectivity index (χ1v) is 13.4. The van der Waals surface area contributed by atoms with E-state index < -0.39 is 101 Å². The number of aliphatic hydroxyl groups is 4. The zero-order valence-electron chi connectivity index (χ0n) is 18.8. The van der Waals surface area contributed by atoms with Crippen LogP contribution in [0.5, 0.6) is 0 Å². The SMILES string of the molecule is NC(=O)c1ncn(C2O[C@H](COP(=O)(O)O)[C@@H](O)[C@H]2O)c1NC(=O)NC1O[C@H](COP(=O)(O)O)[C@@H](O)[C@H]1O. The third-order valence-electron chi connectivity index (χ3n) is 5.32. The Kier molecular flexibility index (Phi) is 9.29. The molecule has 2 fully saturated rings. The highest BCUT2D eigenvalue weighted by Gasteiger charge is 2.47. The number of ether oxygens (including phenoxy) is 2. The number of nitrogens with zero attached hydrogens (tertiary/aromatic N) is 2. The quantitative estimate of drug-likeness (QED) is 0.114. The van der Waals surface area contributed by atoms with Gasteiger partial charge in [-0.2, -0.15) is 0 Å². The second-order valence-corrected chi connectivity index (χ2v) is 10.5. The lowest BCUT2D eigenvalue weighted by Crippen LogP contribution is -2.46. The molecule has 0 radical (unpaired) electrons. The van der Waals surface area contributed by atoms with Crippen molar-refractivity contribution in [2.45, 2.75) is 49.1 Å². The molecule has 3 amide bonds. The van der Waals surface area contributed by atoms with Crippen molar-refractivity contribution in [3.05, 3.63) is 12.0 Å². The Morgan fingerprint density at radius 2 is 1.47 bits per heavy atom. The standard InChI is InChI=1S/C15H25N5O16P2/c16-11(25)6-12(18-15(26)19-13-9(23)7(21)4(35-13)1-33-37(27,28)29)20(3-17-6)14-10(24)8(22)5(36-14)2-34-38(30,31)32/h3-5,7-10,13-14,21-24H,1-2H2,(H2,16,25)(H2,18,19,26)(H2,27,28,29)(H2,30,31,32)/t4-,5-,7-,8-,9-,10-,13?,14?/m1/s1. The number of primary amides is 1. The fourth-order valence-electron chi connectivity index (χ4n) is 3.57. The molecule has 3 rings (SSSR count). The van der Waals surface area contributed by atoms with E-state index in [9.17, 15) is 39.1 Å². The second kappa shape index (κ2) is 11.6. The van der Waals surface area contributed by atoms with Crippen molar-refractivity contribution >= 4 is 33.4 Å². The first kappa shape index (κ1) is 30.5. The number of nitrogens with two attached hydrogens (primary N) is 1. The van der Waals surface area contributed by atoms with Crippen LogP contribution in [0.2, 0.25) is 0 Å². The predicted octanol–water partition coefficient (Wildman–Crippen LogP) is -4.61. The number of anilines is 1. The summed E-state index contributed by atoms with van der Waals surface area (Å²) in [5.41, 5.74) is 4.70. The number of rotatable bonds is 10. The predicted molar refractivity (Wildman–Crippen MR) is 115 cm³/mol. The molecular formula is C15H25N5O16P2. The van der Waals surface area contributed by atoms with Crippen molar-refractivity contribution in [2.24, 2.45) is 5.73 Å². The largest absolute Gasteiger partial charge is 0.469 e. The molecule has 0 bridgehead atoms. The number of aromatic nitrogens is 2. The summed E-state index contributed by atoms with van der Waals surface area (Å²) in [5.74, 6) is -1.65. The minimum Gasteiger partial charge on any atom is -0.387 e. The Hall–Kier alpha value is -2.07.